The Morgan fingerprint density at radius 3 is 2.50 bits per heavy atom. The van der Waals surface area contributed by atoms with Crippen molar-refractivity contribution in [3.8, 4) is 0 Å². The van der Waals surface area contributed by atoms with Crippen molar-refractivity contribution in [3.63, 3.8) is 0 Å². The first kappa shape index (κ1) is 20.7. The fraction of sp³-hybridized carbons (Fsp3) is 0.667. The Labute approximate surface area is 159 Å². The van der Waals surface area contributed by atoms with Crippen LogP contribution in [0.15, 0.2) is 29.3 Å². The van der Waals surface area contributed by atoms with Crippen LogP contribution < -0.4 is 5.32 Å². The lowest BCUT2D eigenvalue weighted by Gasteiger charge is -2.34. The van der Waals surface area contributed by atoms with E-state index < -0.39 is 0 Å². The SMILES string of the molecule is CCOC1CCN(C(=NC)NCc2ccccc2CN(C)C(C)C)CC1. The maximum Gasteiger partial charge on any atom is 0.193 e. The summed E-state index contributed by atoms with van der Waals surface area (Å²) in [5, 5.41) is 3.56. The van der Waals surface area contributed by atoms with Crippen molar-refractivity contribution in [3.05, 3.63) is 35.4 Å². The topological polar surface area (TPSA) is 40.1 Å². The standard InChI is InChI=1S/C21H36N4O/c1-6-26-20-11-13-25(14-12-20)21(22-4)23-15-18-9-7-8-10-19(18)16-24(5)17(2)3/h7-10,17,20H,6,11-16H2,1-5H3,(H,22,23). The first-order valence-corrected chi connectivity index (χ1v) is 9.89. The van der Waals surface area contributed by atoms with E-state index in [1.54, 1.807) is 0 Å². The zero-order valence-corrected chi connectivity index (χ0v) is 17.2. The summed E-state index contributed by atoms with van der Waals surface area (Å²) >= 11 is 0. The second-order valence-corrected chi connectivity index (χ2v) is 7.32. The van der Waals surface area contributed by atoms with Crippen LogP contribution >= 0.6 is 0 Å². The Morgan fingerprint density at radius 1 is 1.27 bits per heavy atom. The molecule has 1 saturated heterocycles. The van der Waals surface area contributed by atoms with E-state index in [4.69, 9.17) is 4.74 Å². The number of hydrogen-bond donors (Lipinski definition) is 1. The summed E-state index contributed by atoms with van der Waals surface area (Å²) in [6.07, 6.45) is 2.55. The van der Waals surface area contributed by atoms with Gasteiger partial charge in [0, 0.05) is 45.9 Å². The highest BCUT2D eigenvalue weighted by Crippen LogP contribution is 2.15. The van der Waals surface area contributed by atoms with Crippen molar-refractivity contribution in [2.45, 2.75) is 58.8 Å². The van der Waals surface area contributed by atoms with Gasteiger partial charge in [-0.2, -0.15) is 0 Å². The molecule has 1 aliphatic heterocycles. The Balaban J connectivity index is 1.93. The monoisotopic (exact) mass is 360 g/mol. The van der Waals surface area contributed by atoms with Gasteiger partial charge in [-0.15, -0.1) is 0 Å². The maximum atomic E-state index is 5.75. The van der Waals surface area contributed by atoms with Crippen molar-refractivity contribution in [1.82, 2.24) is 15.1 Å². The predicted octanol–water partition coefficient (Wildman–Crippen LogP) is 3.10. The third kappa shape index (κ3) is 5.99. The van der Waals surface area contributed by atoms with Crippen molar-refractivity contribution >= 4 is 5.96 Å². The molecule has 1 heterocycles. The molecule has 146 valence electrons. The summed E-state index contributed by atoms with van der Waals surface area (Å²) < 4.78 is 5.75. The fourth-order valence-corrected chi connectivity index (χ4v) is 3.31. The van der Waals surface area contributed by atoms with Gasteiger partial charge in [-0.05, 0) is 51.8 Å². The third-order valence-corrected chi connectivity index (χ3v) is 5.21. The van der Waals surface area contributed by atoms with E-state index in [9.17, 15) is 0 Å². The van der Waals surface area contributed by atoms with Gasteiger partial charge < -0.3 is 15.0 Å². The summed E-state index contributed by atoms with van der Waals surface area (Å²) in [4.78, 5) is 9.21. The molecule has 0 radical (unpaired) electrons. The fourth-order valence-electron chi connectivity index (χ4n) is 3.31. The summed E-state index contributed by atoms with van der Waals surface area (Å²) in [5.41, 5.74) is 2.71. The van der Waals surface area contributed by atoms with Crippen LogP contribution in [0.1, 0.15) is 44.7 Å². The molecule has 1 fully saturated rings. The van der Waals surface area contributed by atoms with Gasteiger partial charge in [0.1, 0.15) is 0 Å². The Kier molecular flexibility index (Phi) is 8.39. The number of ether oxygens (including phenoxy) is 1. The molecule has 0 aromatic heterocycles. The van der Waals surface area contributed by atoms with Gasteiger partial charge >= 0.3 is 0 Å². The molecule has 0 saturated carbocycles. The van der Waals surface area contributed by atoms with E-state index in [1.165, 1.54) is 11.1 Å². The lowest BCUT2D eigenvalue weighted by molar-refractivity contribution is 0.0263. The van der Waals surface area contributed by atoms with Crippen LogP contribution in [0, 0.1) is 0 Å². The van der Waals surface area contributed by atoms with Crippen molar-refractivity contribution in [2.24, 2.45) is 4.99 Å². The molecule has 0 amide bonds. The van der Waals surface area contributed by atoms with Crippen LogP contribution in [0.5, 0.6) is 0 Å². The van der Waals surface area contributed by atoms with Gasteiger partial charge in [-0.1, -0.05) is 24.3 Å². The average molecular weight is 361 g/mol. The largest absolute Gasteiger partial charge is 0.378 e. The quantitative estimate of drug-likeness (QED) is 0.599. The van der Waals surface area contributed by atoms with Crippen LogP contribution in [0.2, 0.25) is 0 Å². The summed E-state index contributed by atoms with van der Waals surface area (Å²) in [6, 6.07) is 9.22. The van der Waals surface area contributed by atoms with Crippen LogP contribution in [0.3, 0.4) is 0 Å². The molecule has 0 bridgehead atoms. The Morgan fingerprint density at radius 2 is 1.92 bits per heavy atom. The highest BCUT2D eigenvalue weighted by Gasteiger charge is 2.21. The second kappa shape index (κ2) is 10.5. The van der Waals surface area contributed by atoms with Crippen molar-refractivity contribution in [1.29, 1.82) is 0 Å². The van der Waals surface area contributed by atoms with Gasteiger partial charge in [-0.3, -0.25) is 9.89 Å². The molecule has 26 heavy (non-hydrogen) atoms. The highest BCUT2D eigenvalue weighted by molar-refractivity contribution is 5.80. The van der Waals surface area contributed by atoms with Gasteiger partial charge in [0.05, 0.1) is 6.10 Å². The molecule has 1 aromatic rings. The Hall–Kier alpha value is -1.59. The molecule has 0 unspecified atom stereocenters. The first-order chi connectivity index (χ1) is 12.5. The molecule has 0 aliphatic carbocycles. The van der Waals surface area contributed by atoms with E-state index in [0.717, 1.165) is 51.6 Å². The molecule has 1 aliphatic rings. The molecular weight excluding hydrogens is 324 g/mol. The molecule has 5 nitrogen and oxygen atoms in total. The molecule has 0 spiro atoms. The van der Waals surface area contributed by atoms with Gasteiger partial charge in [-0.25, -0.2) is 0 Å². The zero-order valence-electron chi connectivity index (χ0n) is 17.2. The van der Waals surface area contributed by atoms with Gasteiger partial charge in [0.2, 0.25) is 0 Å². The van der Waals surface area contributed by atoms with E-state index in [0.29, 0.717) is 12.1 Å². The van der Waals surface area contributed by atoms with Crippen LogP contribution in [0.25, 0.3) is 0 Å². The number of aliphatic imine (C=N–C) groups is 1. The minimum Gasteiger partial charge on any atom is -0.378 e. The van der Waals surface area contributed by atoms with Crippen LogP contribution in [0.4, 0.5) is 0 Å². The molecule has 1 aromatic carbocycles. The maximum absolute atomic E-state index is 5.75. The van der Waals surface area contributed by atoms with Crippen molar-refractivity contribution in [2.75, 3.05) is 33.8 Å². The van der Waals surface area contributed by atoms with E-state index in [-0.39, 0.29) is 0 Å². The first-order valence-electron chi connectivity index (χ1n) is 9.89. The lowest BCUT2D eigenvalue weighted by atomic mass is 10.1. The lowest BCUT2D eigenvalue weighted by Crippen LogP contribution is -2.46. The third-order valence-electron chi connectivity index (χ3n) is 5.21. The Bertz CT molecular complexity index is 565. The van der Waals surface area contributed by atoms with E-state index in [2.05, 4.69) is 72.2 Å². The number of benzene rings is 1. The number of nitrogens with zero attached hydrogens (tertiary/aromatic N) is 3. The molecule has 2 rings (SSSR count). The molecule has 1 N–H and O–H groups in total. The number of piperidine rings is 1. The van der Waals surface area contributed by atoms with Gasteiger partial charge in [0.25, 0.3) is 0 Å². The van der Waals surface area contributed by atoms with E-state index >= 15 is 0 Å². The summed E-state index contributed by atoms with van der Waals surface area (Å²) in [5.74, 6) is 0.993. The van der Waals surface area contributed by atoms with Gasteiger partial charge in [0.15, 0.2) is 5.96 Å². The number of likely N-dealkylation sites (tertiary alicyclic amines) is 1. The number of nitrogens with one attached hydrogen (secondary N) is 1. The van der Waals surface area contributed by atoms with E-state index in [1.807, 2.05) is 7.05 Å². The summed E-state index contributed by atoms with van der Waals surface area (Å²) in [7, 11) is 4.05. The normalized spacial score (nSPS) is 16.6. The predicted molar refractivity (Wildman–Crippen MR) is 109 cm³/mol. The molecular formula is C21H36N4O. The number of guanidine groups is 1. The summed E-state index contributed by atoms with van der Waals surface area (Å²) in [6.45, 7) is 11.1. The average Bonchev–Trinajstić information content (AvgIpc) is 2.64. The van der Waals surface area contributed by atoms with Crippen LogP contribution in [-0.4, -0.2) is 61.7 Å². The second-order valence-electron chi connectivity index (χ2n) is 7.32. The number of hydrogen-bond acceptors (Lipinski definition) is 3. The van der Waals surface area contributed by atoms with Crippen LogP contribution in [-0.2, 0) is 17.8 Å². The molecule has 5 heteroatoms. The smallest absolute Gasteiger partial charge is 0.193 e. The minimum atomic E-state index is 0.404. The zero-order chi connectivity index (χ0) is 18.9. The molecule has 0 atom stereocenters. The number of rotatable bonds is 7. The minimum absolute atomic E-state index is 0.404. The van der Waals surface area contributed by atoms with Crippen molar-refractivity contribution < 1.29 is 4.74 Å². The highest BCUT2D eigenvalue weighted by atomic mass is 16.5.